The molecule has 0 atom stereocenters. The lowest BCUT2D eigenvalue weighted by molar-refractivity contribution is 0.100. The van der Waals surface area contributed by atoms with Crippen LogP contribution in [0.1, 0.15) is 25.7 Å². The predicted molar refractivity (Wildman–Crippen MR) is 66.7 cm³/mol. The van der Waals surface area contributed by atoms with E-state index >= 15 is 0 Å². The Bertz CT molecular complexity index is 637. The maximum absolute atomic E-state index is 11.5. The summed E-state index contributed by atoms with van der Waals surface area (Å²) in [7, 11) is 0. The van der Waals surface area contributed by atoms with Crippen LogP contribution in [0.3, 0.4) is 0 Å². The van der Waals surface area contributed by atoms with Crippen LogP contribution in [0, 0.1) is 0 Å². The molecule has 0 aliphatic heterocycles. The standard InChI is InChI=1S/C11H8N4O2S/c12-14-13-11(17)10-8(3-5-18-10)6-15-4-1-2-9(15)7-16/h1-5,7H,6H2. The molecule has 0 unspecified atom stereocenters. The molecule has 0 N–H and O–H groups in total. The zero-order chi connectivity index (χ0) is 13.0. The summed E-state index contributed by atoms with van der Waals surface area (Å²) >= 11 is 1.22. The Morgan fingerprint density at radius 3 is 3.11 bits per heavy atom. The lowest BCUT2D eigenvalue weighted by Crippen LogP contribution is -2.04. The molecule has 0 aliphatic rings. The van der Waals surface area contributed by atoms with Gasteiger partial charge in [0.1, 0.15) is 0 Å². The summed E-state index contributed by atoms with van der Waals surface area (Å²) in [6.07, 6.45) is 2.50. The molecule has 90 valence electrons. The number of thiophene rings is 1. The molecule has 0 bridgehead atoms. The van der Waals surface area contributed by atoms with Crippen molar-refractivity contribution in [1.29, 1.82) is 0 Å². The highest BCUT2D eigenvalue weighted by Gasteiger charge is 2.12. The van der Waals surface area contributed by atoms with Gasteiger partial charge in [-0.25, -0.2) is 0 Å². The van der Waals surface area contributed by atoms with Crippen molar-refractivity contribution in [3.63, 3.8) is 0 Å². The van der Waals surface area contributed by atoms with Crippen LogP contribution in [0.25, 0.3) is 10.4 Å². The van der Waals surface area contributed by atoms with Crippen molar-refractivity contribution in [3.05, 3.63) is 56.4 Å². The molecule has 2 heterocycles. The van der Waals surface area contributed by atoms with E-state index in [1.54, 1.807) is 34.3 Å². The van der Waals surface area contributed by atoms with Crippen molar-refractivity contribution in [2.75, 3.05) is 0 Å². The summed E-state index contributed by atoms with van der Waals surface area (Å²) in [5.74, 6) is -0.595. The molecule has 0 saturated heterocycles. The van der Waals surface area contributed by atoms with E-state index in [1.807, 2.05) is 0 Å². The summed E-state index contributed by atoms with van der Waals surface area (Å²) in [5, 5.41) is 4.82. The van der Waals surface area contributed by atoms with Crippen LogP contribution in [0.4, 0.5) is 0 Å². The summed E-state index contributed by atoms with van der Waals surface area (Å²) < 4.78 is 1.72. The average molecular weight is 260 g/mol. The molecule has 0 radical (unpaired) electrons. The normalized spacial score (nSPS) is 9.78. The largest absolute Gasteiger partial charge is 0.341 e. The van der Waals surface area contributed by atoms with Crippen molar-refractivity contribution in [2.45, 2.75) is 6.54 Å². The Kier molecular flexibility index (Phi) is 3.57. The monoisotopic (exact) mass is 260 g/mol. The first-order valence-corrected chi connectivity index (χ1v) is 5.90. The first kappa shape index (κ1) is 12.1. The van der Waals surface area contributed by atoms with Gasteiger partial charge in [0.2, 0.25) is 0 Å². The number of amides is 1. The highest BCUT2D eigenvalue weighted by atomic mass is 32.1. The fraction of sp³-hybridized carbons (Fsp3) is 0.0909. The second-order valence-corrected chi connectivity index (χ2v) is 4.36. The van der Waals surface area contributed by atoms with Gasteiger partial charge in [-0.1, -0.05) is 0 Å². The van der Waals surface area contributed by atoms with E-state index in [0.717, 1.165) is 11.8 Å². The average Bonchev–Trinajstić information content (AvgIpc) is 2.98. The summed E-state index contributed by atoms with van der Waals surface area (Å²) in [6.45, 7) is 0.395. The Balaban J connectivity index is 2.30. The molecule has 2 aromatic rings. The zero-order valence-corrected chi connectivity index (χ0v) is 10.0. The smallest absolute Gasteiger partial charge is 0.259 e. The fourth-order valence-electron chi connectivity index (χ4n) is 1.60. The highest BCUT2D eigenvalue weighted by molar-refractivity contribution is 7.12. The molecule has 0 aliphatic carbocycles. The number of aromatic nitrogens is 1. The number of nitrogens with zero attached hydrogens (tertiary/aromatic N) is 4. The number of aldehydes is 1. The third-order valence-electron chi connectivity index (χ3n) is 2.40. The summed E-state index contributed by atoms with van der Waals surface area (Å²) in [6, 6.07) is 5.22. The van der Waals surface area contributed by atoms with Gasteiger partial charge in [-0.2, -0.15) is 0 Å². The molecule has 7 heteroatoms. The molecule has 0 spiro atoms. The zero-order valence-electron chi connectivity index (χ0n) is 9.18. The van der Waals surface area contributed by atoms with Crippen LogP contribution >= 0.6 is 11.3 Å². The number of carbonyl (C=O) groups excluding carboxylic acids is 2. The van der Waals surface area contributed by atoms with Gasteiger partial charge in [0.15, 0.2) is 6.29 Å². The van der Waals surface area contributed by atoms with Gasteiger partial charge in [-0.15, -0.1) is 11.3 Å². The second-order valence-electron chi connectivity index (χ2n) is 3.45. The molecule has 0 saturated carbocycles. The minimum Gasteiger partial charge on any atom is -0.341 e. The van der Waals surface area contributed by atoms with Gasteiger partial charge < -0.3 is 4.57 Å². The van der Waals surface area contributed by atoms with Gasteiger partial charge in [0.25, 0.3) is 5.91 Å². The minimum absolute atomic E-state index is 0.395. The molecular formula is C11H8N4O2S. The molecule has 18 heavy (non-hydrogen) atoms. The van der Waals surface area contributed by atoms with E-state index in [-0.39, 0.29) is 0 Å². The van der Waals surface area contributed by atoms with Crippen molar-refractivity contribution >= 4 is 23.5 Å². The van der Waals surface area contributed by atoms with E-state index < -0.39 is 5.91 Å². The quantitative estimate of drug-likeness (QED) is 0.366. The number of hydrogen-bond acceptors (Lipinski definition) is 3. The van der Waals surface area contributed by atoms with Crippen molar-refractivity contribution in [3.8, 4) is 0 Å². The lowest BCUT2D eigenvalue weighted by Gasteiger charge is -2.05. The predicted octanol–water partition coefficient (Wildman–Crippen LogP) is 2.86. The third-order valence-corrected chi connectivity index (χ3v) is 3.35. The Morgan fingerprint density at radius 2 is 2.39 bits per heavy atom. The maximum Gasteiger partial charge on any atom is 0.259 e. The molecular weight excluding hydrogens is 252 g/mol. The van der Waals surface area contributed by atoms with Gasteiger partial charge in [0, 0.05) is 17.7 Å². The van der Waals surface area contributed by atoms with E-state index in [4.69, 9.17) is 5.53 Å². The molecule has 0 fully saturated rings. The van der Waals surface area contributed by atoms with Crippen molar-refractivity contribution < 1.29 is 9.59 Å². The van der Waals surface area contributed by atoms with Crippen LogP contribution in [-0.2, 0) is 6.54 Å². The molecule has 0 aromatic carbocycles. The lowest BCUT2D eigenvalue weighted by atomic mass is 10.2. The molecule has 1 amide bonds. The van der Waals surface area contributed by atoms with E-state index in [2.05, 4.69) is 10.0 Å². The number of azide groups is 1. The van der Waals surface area contributed by atoms with E-state index in [9.17, 15) is 9.59 Å². The SMILES string of the molecule is [N-]=[N+]=NC(=O)c1sccc1Cn1cccc1C=O. The van der Waals surface area contributed by atoms with Crippen LogP contribution in [0.2, 0.25) is 0 Å². The Hall–Kier alpha value is -2.37. The Morgan fingerprint density at radius 1 is 1.56 bits per heavy atom. The minimum atomic E-state index is -0.595. The third kappa shape index (κ3) is 2.32. The first-order valence-electron chi connectivity index (χ1n) is 5.02. The van der Waals surface area contributed by atoms with Crippen molar-refractivity contribution in [1.82, 2.24) is 4.57 Å². The Labute approximate surface area is 106 Å². The second kappa shape index (κ2) is 5.31. The van der Waals surface area contributed by atoms with E-state index in [1.165, 1.54) is 11.3 Å². The first-order chi connectivity index (χ1) is 8.76. The van der Waals surface area contributed by atoms with Gasteiger partial charge in [-0.3, -0.25) is 9.59 Å². The molecule has 6 nitrogen and oxygen atoms in total. The summed E-state index contributed by atoms with van der Waals surface area (Å²) in [5.41, 5.74) is 9.52. The number of rotatable bonds is 4. The number of carbonyl (C=O) groups is 2. The summed E-state index contributed by atoms with van der Waals surface area (Å²) in [4.78, 5) is 25.2. The van der Waals surface area contributed by atoms with Crippen molar-refractivity contribution in [2.24, 2.45) is 5.11 Å². The van der Waals surface area contributed by atoms with Crippen LogP contribution in [0.15, 0.2) is 34.9 Å². The fourth-order valence-corrected chi connectivity index (χ4v) is 2.39. The highest BCUT2D eigenvalue weighted by Crippen LogP contribution is 2.20. The van der Waals surface area contributed by atoms with E-state index in [0.29, 0.717) is 17.1 Å². The maximum atomic E-state index is 11.5. The molecule has 2 aromatic heterocycles. The van der Waals surface area contributed by atoms with Crippen LogP contribution in [-0.4, -0.2) is 16.8 Å². The number of hydrogen-bond donors (Lipinski definition) is 0. The van der Waals surface area contributed by atoms with Gasteiger partial charge in [-0.05, 0) is 39.8 Å². The van der Waals surface area contributed by atoms with Gasteiger partial charge >= 0.3 is 0 Å². The van der Waals surface area contributed by atoms with Gasteiger partial charge in [0.05, 0.1) is 10.6 Å². The topological polar surface area (TPSA) is 87.8 Å². The van der Waals surface area contributed by atoms with Crippen LogP contribution < -0.4 is 0 Å². The molecule has 2 rings (SSSR count). The van der Waals surface area contributed by atoms with Crippen LogP contribution in [0.5, 0.6) is 0 Å².